The van der Waals surface area contributed by atoms with Crippen molar-refractivity contribution in [1.29, 1.82) is 0 Å². The van der Waals surface area contributed by atoms with Crippen molar-refractivity contribution in [3.05, 3.63) is 70.5 Å². The molecule has 0 spiro atoms. The van der Waals surface area contributed by atoms with Gasteiger partial charge in [-0.3, -0.25) is 9.59 Å². The molecular formula is C23H28ClFN2O2. The molecule has 0 saturated heterocycles. The predicted octanol–water partition coefficient (Wildman–Crippen LogP) is 4.74. The minimum absolute atomic E-state index is 0.0255. The van der Waals surface area contributed by atoms with Crippen molar-refractivity contribution >= 4 is 23.4 Å². The Labute approximate surface area is 177 Å². The molecule has 0 saturated carbocycles. The molecule has 4 nitrogen and oxygen atoms in total. The molecule has 2 aromatic carbocycles. The maximum atomic E-state index is 13.3. The summed E-state index contributed by atoms with van der Waals surface area (Å²) in [7, 11) is 0. The van der Waals surface area contributed by atoms with Crippen LogP contribution in [0.5, 0.6) is 0 Å². The van der Waals surface area contributed by atoms with Crippen LogP contribution in [-0.2, 0) is 22.6 Å². The molecular weight excluding hydrogens is 391 g/mol. The molecule has 0 heterocycles. The van der Waals surface area contributed by atoms with E-state index in [4.69, 9.17) is 11.6 Å². The summed E-state index contributed by atoms with van der Waals surface area (Å²) in [5.41, 5.74) is 1.66. The van der Waals surface area contributed by atoms with Crippen molar-refractivity contribution in [1.82, 2.24) is 10.2 Å². The predicted molar refractivity (Wildman–Crippen MR) is 114 cm³/mol. The first-order valence-corrected chi connectivity index (χ1v) is 10.3. The van der Waals surface area contributed by atoms with Gasteiger partial charge >= 0.3 is 0 Å². The smallest absolute Gasteiger partial charge is 0.243 e. The number of hydrogen-bond acceptors (Lipinski definition) is 2. The second-order valence-electron chi connectivity index (χ2n) is 7.33. The van der Waals surface area contributed by atoms with Crippen LogP contribution in [0.25, 0.3) is 0 Å². The molecule has 0 bridgehead atoms. The van der Waals surface area contributed by atoms with E-state index in [0.717, 1.165) is 11.1 Å². The molecule has 1 atom stereocenters. The van der Waals surface area contributed by atoms with E-state index in [9.17, 15) is 14.0 Å². The molecule has 0 aliphatic rings. The standard InChI is InChI=1S/C23H28ClFN2O2/c1-4-21(23(29)26-16(2)3)27(15-17-9-12-19(25)13-10-17)22(28)14-11-18-7-5-6-8-20(18)24/h5-10,12-13,16,21H,4,11,14-15H2,1-3H3,(H,26,29)/t21-/m0/s1. The van der Waals surface area contributed by atoms with Gasteiger partial charge in [0.25, 0.3) is 0 Å². The monoisotopic (exact) mass is 418 g/mol. The molecule has 2 rings (SSSR count). The van der Waals surface area contributed by atoms with Crippen LogP contribution in [-0.4, -0.2) is 28.8 Å². The van der Waals surface area contributed by atoms with Gasteiger partial charge in [0.15, 0.2) is 0 Å². The zero-order valence-corrected chi connectivity index (χ0v) is 17.9. The van der Waals surface area contributed by atoms with Gasteiger partial charge in [0, 0.05) is 24.0 Å². The van der Waals surface area contributed by atoms with E-state index in [1.54, 1.807) is 23.1 Å². The summed E-state index contributed by atoms with van der Waals surface area (Å²) in [6.45, 7) is 5.89. The normalized spacial score (nSPS) is 11.9. The topological polar surface area (TPSA) is 49.4 Å². The summed E-state index contributed by atoms with van der Waals surface area (Å²) in [6.07, 6.45) is 1.20. The third kappa shape index (κ3) is 6.86. The average Bonchev–Trinajstić information content (AvgIpc) is 2.68. The summed E-state index contributed by atoms with van der Waals surface area (Å²) < 4.78 is 13.3. The van der Waals surface area contributed by atoms with Gasteiger partial charge < -0.3 is 10.2 Å². The number of nitrogens with zero attached hydrogens (tertiary/aromatic N) is 1. The highest BCUT2D eigenvalue weighted by molar-refractivity contribution is 6.31. The minimum atomic E-state index is -0.596. The molecule has 0 aliphatic carbocycles. The number of benzene rings is 2. The third-order valence-corrected chi connectivity index (χ3v) is 5.02. The van der Waals surface area contributed by atoms with Crippen LogP contribution in [0.1, 0.15) is 44.7 Å². The number of amides is 2. The van der Waals surface area contributed by atoms with Crippen LogP contribution in [0.2, 0.25) is 5.02 Å². The molecule has 0 unspecified atom stereocenters. The van der Waals surface area contributed by atoms with Crippen LogP contribution in [0.3, 0.4) is 0 Å². The van der Waals surface area contributed by atoms with E-state index in [0.29, 0.717) is 17.9 Å². The van der Waals surface area contributed by atoms with Gasteiger partial charge in [-0.2, -0.15) is 0 Å². The van der Waals surface area contributed by atoms with E-state index in [1.807, 2.05) is 39.0 Å². The molecule has 0 aromatic heterocycles. The Morgan fingerprint density at radius 1 is 1.10 bits per heavy atom. The van der Waals surface area contributed by atoms with Gasteiger partial charge in [-0.1, -0.05) is 48.9 Å². The van der Waals surface area contributed by atoms with Gasteiger partial charge in [-0.25, -0.2) is 4.39 Å². The molecule has 6 heteroatoms. The van der Waals surface area contributed by atoms with Crippen LogP contribution >= 0.6 is 11.6 Å². The van der Waals surface area contributed by atoms with Crippen molar-refractivity contribution in [3.63, 3.8) is 0 Å². The lowest BCUT2D eigenvalue weighted by Gasteiger charge is -2.31. The first-order chi connectivity index (χ1) is 13.8. The van der Waals surface area contributed by atoms with Crippen LogP contribution < -0.4 is 5.32 Å². The number of hydrogen-bond donors (Lipinski definition) is 1. The molecule has 1 N–H and O–H groups in total. The summed E-state index contributed by atoms with van der Waals surface area (Å²) in [4.78, 5) is 27.4. The van der Waals surface area contributed by atoms with E-state index in [1.165, 1.54) is 12.1 Å². The minimum Gasteiger partial charge on any atom is -0.352 e. The highest BCUT2D eigenvalue weighted by atomic mass is 35.5. The van der Waals surface area contributed by atoms with E-state index >= 15 is 0 Å². The zero-order chi connectivity index (χ0) is 21.4. The number of nitrogens with one attached hydrogen (secondary N) is 1. The largest absolute Gasteiger partial charge is 0.352 e. The fourth-order valence-corrected chi connectivity index (χ4v) is 3.40. The lowest BCUT2D eigenvalue weighted by molar-refractivity contribution is -0.141. The summed E-state index contributed by atoms with van der Waals surface area (Å²) in [5, 5.41) is 3.51. The van der Waals surface area contributed by atoms with E-state index < -0.39 is 6.04 Å². The number of rotatable bonds is 9. The number of carbonyl (C=O) groups excluding carboxylic acids is 2. The first kappa shape index (κ1) is 22.9. The molecule has 156 valence electrons. The zero-order valence-electron chi connectivity index (χ0n) is 17.1. The second kappa shape index (κ2) is 11.0. The van der Waals surface area contributed by atoms with Crippen LogP contribution in [0, 0.1) is 5.82 Å². The molecule has 2 amide bonds. The quantitative estimate of drug-likeness (QED) is 0.639. The molecule has 2 aromatic rings. The Morgan fingerprint density at radius 2 is 1.76 bits per heavy atom. The Bertz CT molecular complexity index is 824. The highest BCUT2D eigenvalue weighted by Crippen LogP contribution is 2.19. The highest BCUT2D eigenvalue weighted by Gasteiger charge is 2.28. The SMILES string of the molecule is CC[C@@H](C(=O)NC(C)C)N(Cc1ccc(F)cc1)C(=O)CCc1ccccc1Cl. The van der Waals surface area contributed by atoms with E-state index in [2.05, 4.69) is 5.32 Å². The number of aryl methyl sites for hydroxylation is 1. The maximum absolute atomic E-state index is 13.3. The third-order valence-electron chi connectivity index (χ3n) is 4.65. The van der Waals surface area contributed by atoms with Gasteiger partial charge in [0.05, 0.1) is 0 Å². The number of halogens is 2. The Balaban J connectivity index is 2.21. The van der Waals surface area contributed by atoms with Gasteiger partial charge in [0.1, 0.15) is 11.9 Å². The molecule has 29 heavy (non-hydrogen) atoms. The van der Waals surface area contributed by atoms with Crippen LogP contribution in [0.4, 0.5) is 4.39 Å². The summed E-state index contributed by atoms with van der Waals surface area (Å²) >= 11 is 6.20. The fraction of sp³-hybridized carbons (Fsp3) is 0.391. The molecule has 0 aliphatic heterocycles. The fourth-order valence-electron chi connectivity index (χ4n) is 3.17. The molecule has 0 fully saturated rings. The Kier molecular flexibility index (Phi) is 8.65. The molecule has 0 radical (unpaired) electrons. The lowest BCUT2D eigenvalue weighted by atomic mass is 10.1. The van der Waals surface area contributed by atoms with Crippen molar-refractivity contribution in [2.75, 3.05) is 0 Å². The van der Waals surface area contributed by atoms with Gasteiger partial charge in [-0.05, 0) is 56.0 Å². The van der Waals surface area contributed by atoms with E-state index in [-0.39, 0.29) is 36.6 Å². The lowest BCUT2D eigenvalue weighted by Crippen LogP contribution is -2.50. The second-order valence-corrected chi connectivity index (χ2v) is 7.73. The van der Waals surface area contributed by atoms with Gasteiger partial charge in [-0.15, -0.1) is 0 Å². The van der Waals surface area contributed by atoms with Crippen molar-refractivity contribution in [3.8, 4) is 0 Å². The van der Waals surface area contributed by atoms with Crippen LogP contribution in [0.15, 0.2) is 48.5 Å². The Morgan fingerprint density at radius 3 is 2.34 bits per heavy atom. The maximum Gasteiger partial charge on any atom is 0.243 e. The van der Waals surface area contributed by atoms with Crippen molar-refractivity contribution in [2.45, 2.75) is 58.7 Å². The summed E-state index contributed by atoms with van der Waals surface area (Å²) in [6, 6.07) is 12.8. The average molecular weight is 419 g/mol. The van der Waals surface area contributed by atoms with Crippen molar-refractivity contribution in [2.24, 2.45) is 0 Å². The van der Waals surface area contributed by atoms with Crippen molar-refractivity contribution < 1.29 is 14.0 Å². The first-order valence-electron chi connectivity index (χ1n) is 9.89. The Hall–Kier alpha value is -2.40. The van der Waals surface area contributed by atoms with Gasteiger partial charge in [0.2, 0.25) is 11.8 Å². The number of carbonyl (C=O) groups is 2. The summed E-state index contributed by atoms with van der Waals surface area (Å²) in [5.74, 6) is -0.661.